The molecule has 8 heteroatoms. The largest absolute Gasteiger partial charge is 0.344 e. The summed E-state index contributed by atoms with van der Waals surface area (Å²) in [5.41, 5.74) is 0.722. The molecule has 0 bridgehead atoms. The van der Waals surface area contributed by atoms with E-state index in [4.69, 9.17) is 0 Å². The van der Waals surface area contributed by atoms with Crippen molar-refractivity contribution in [2.45, 2.75) is 36.2 Å². The fraction of sp³-hybridized carbons (Fsp3) is 0.385. The second-order valence-corrected chi connectivity index (χ2v) is 6.33. The van der Waals surface area contributed by atoms with Crippen LogP contribution in [0.2, 0.25) is 0 Å². The molecule has 7 nitrogen and oxygen atoms in total. The Labute approximate surface area is 124 Å². The maximum Gasteiger partial charge on any atom is 0.344 e. The van der Waals surface area contributed by atoms with Crippen molar-refractivity contribution >= 4 is 17.4 Å². The van der Waals surface area contributed by atoms with Gasteiger partial charge in [-0.15, -0.1) is 5.10 Å². The molecule has 0 aliphatic heterocycles. The van der Waals surface area contributed by atoms with Crippen molar-refractivity contribution in [3.8, 4) is 0 Å². The van der Waals surface area contributed by atoms with Gasteiger partial charge < -0.3 is 0 Å². The van der Waals surface area contributed by atoms with Crippen molar-refractivity contribution in [1.82, 2.24) is 14.8 Å². The standard InChI is InChI=1S/C13H14N4O3S/c1-8(9-3-2-4-11(7-9)17(19)20)21-13-15-14-12(18)16(13)10-5-6-10/h2-4,7-8,10H,5-6H2,1H3,(H,14,18)/t8-/m1/s1. The van der Waals surface area contributed by atoms with Crippen LogP contribution in [-0.2, 0) is 0 Å². The number of aromatic nitrogens is 3. The molecule has 1 aliphatic carbocycles. The molecule has 0 unspecified atom stereocenters. The third kappa shape index (κ3) is 2.85. The quantitative estimate of drug-likeness (QED) is 0.520. The Kier molecular flexibility index (Phi) is 3.54. The number of nitrogens with one attached hydrogen (secondary N) is 1. The summed E-state index contributed by atoms with van der Waals surface area (Å²) in [4.78, 5) is 22.1. The van der Waals surface area contributed by atoms with Crippen LogP contribution in [0.15, 0.2) is 34.2 Å². The van der Waals surface area contributed by atoms with Crippen molar-refractivity contribution < 1.29 is 4.92 Å². The summed E-state index contributed by atoms with van der Waals surface area (Å²) >= 11 is 1.43. The average Bonchev–Trinajstić information content (AvgIpc) is 3.24. The minimum Gasteiger partial charge on any atom is -0.267 e. The van der Waals surface area contributed by atoms with E-state index >= 15 is 0 Å². The summed E-state index contributed by atoms with van der Waals surface area (Å²) in [5, 5.41) is 18.0. The Morgan fingerprint density at radius 3 is 2.95 bits per heavy atom. The van der Waals surface area contributed by atoms with E-state index in [9.17, 15) is 14.9 Å². The molecule has 0 spiro atoms. The van der Waals surface area contributed by atoms with Crippen LogP contribution in [-0.4, -0.2) is 19.7 Å². The minimum atomic E-state index is -0.407. The van der Waals surface area contributed by atoms with E-state index in [0.29, 0.717) is 5.16 Å². The van der Waals surface area contributed by atoms with Gasteiger partial charge in [-0.3, -0.25) is 14.7 Å². The number of non-ortho nitro benzene ring substituents is 1. The molecular formula is C13H14N4O3S. The summed E-state index contributed by atoms with van der Waals surface area (Å²) in [6, 6.07) is 6.79. The molecule has 1 N–H and O–H groups in total. The Bertz CT molecular complexity index is 735. The lowest BCUT2D eigenvalue weighted by Gasteiger charge is -2.11. The van der Waals surface area contributed by atoms with Crippen LogP contribution in [0.25, 0.3) is 0 Å². The molecule has 0 saturated heterocycles. The van der Waals surface area contributed by atoms with Crippen molar-refractivity contribution in [1.29, 1.82) is 0 Å². The molecule has 1 aromatic heterocycles. The highest BCUT2D eigenvalue weighted by Gasteiger charge is 2.29. The van der Waals surface area contributed by atoms with Crippen molar-refractivity contribution in [2.75, 3.05) is 0 Å². The Hall–Kier alpha value is -2.09. The minimum absolute atomic E-state index is 0.0300. The number of aromatic amines is 1. The molecule has 110 valence electrons. The van der Waals surface area contributed by atoms with Gasteiger partial charge in [0.1, 0.15) is 0 Å². The summed E-state index contributed by atoms with van der Waals surface area (Å²) in [6.07, 6.45) is 2.00. The number of benzene rings is 1. The van der Waals surface area contributed by atoms with Crippen LogP contribution in [0.5, 0.6) is 0 Å². The first-order valence-corrected chi connectivity index (χ1v) is 7.52. The van der Waals surface area contributed by atoms with E-state index in [0.717, 1.165) is 18.4 Å². The van der Waals surface area contributed by atoms with Gasteiger partial charge in [-0.1, -0.05) is 23.9 Å². The van der Waals surface area contributed by atoms with Gasteiger partial charge in [0.25, 0.3) is 5.69 Å². The third-order valence-electron chi connectivity index (χ3n) is 3.42. The highest BCUT2D eigenvalue weighted by molar-refractivity contribution is 7.99. The van der Waals surface area contributed by atoms with Gasteiger partial charge in [0.15, 0.2) is 5.16 Å². The average molecular weight is 306 g/mol. The normalized spacial score (nSPS) is 15.9. The summed E-state index contributed by atoms with van der Waals surface area (Å²) in [6.45, 7) is 1.94. The number of nitrogens with zero attached hydrogens (tertiary/aromatic N) is 3. The first kappa shape index (κ1) is 13.9. The molecule has 0 amide bonds. The van der Waals surface area contributed by atoms with Gasteiger partial charge in [0.2, 0.25) is 0 Å². The second-order valence-electron chi connectivity index (χ2n) is 5.02. The van der Waals surface area contributed by atoms with Crippen LogP contribution in [0, 0.1) is 10.1 Å². The number of hydrogen-bond acceptors (Lipinski definition) is 5. The number of hydrogen-bond donors (Lipinski definition) is 1. The lowest BCUT2D eigenvalue weighted by atomic mass is 10.1. The van der Waals surface area contributed by atoms with Crippen molar-refractivity contribution in [2.24, 2.45) is 0 Å². The van der Waals surface area contributed by atoms with Gasteiger partial charge in [-0.25, -0.2) is 9.89 Å². The zero-order valence-corrected chi connectivity index (χ0v) is 12.2. The zero-order valence-electron chi connectivity index (χ0n) is 11.4. The molecule has 1 heterocycles. The molecule has 1 aromatic carbocycles. The van der Waals surface area contributed by atoms with E-state index in [-0.39, 0.29) is 22.7 Å². The van der Waals surface area contributed by atoms with Gasteiger partial charge in [-0.2, -0.15) is 0 Å². The maximum atomic E-state index is 11.7. The first-order chi connectivity index (χ1) is 10.1. The van der Waals surface area contributed by atoms with E-state index < -0.39 is 4.92 Å². The Morgan fingerprint density at radius 2 is 2.29 bits per heavy atom. The van der Waals surface area contributed by atoms with E-state index in [1.807, 2.05) is 13.0 Å². The molecule has 1 fully saturated rings. The van der Waals surface area contributed by atoms with Gasteiger partial charge in [-0.05, 0) is 25.3 Å². The van der Waals surface area contributed by atoms with Gasteiger partial charge >= 0.3 is 5.69 Å². The molecule has 3 rings (SSSR count). The smallest absolute Gasteiger partial charge is 0.267 e. The maximum absolute atomic E-state index is 11.7. The molecule has 1 saturated carbocycles. The number of rotatable bonds is 5. The summed E-state index contributed by atoms with van der Waals surface area (Å²) in [5.74, 6) is 0. The first-order valence-electron chi connectivity index (χ1n) is 6.64. The third-order valence-corrected chi connectivity index (χ3v) is 4.54. The predicted octanol–water partition coefficient (Wildman–Crippen LogP) is 2.67. The topological polar surface area (TPSA) is 93.8 Å². The zero-order chi connectivity index (χ0) is 15.0. The molecule has 1 aliphatic rings. The van der Waals surface area contributed by atoms with E-state index in [1.54, 1.807) is 16.7 Å². The van der Waals surface area contributed by atoms with E-state index in [1.165, 1.54) is 17.8 Å². The lowest BCUT2D eigenvalue weighted by Crippen LogP contribution is -2.16. The summed E-state index contributed by atoms with van der Waals surface area (Å²) in [7, 11) is 0. The molecule has 21 heavy (non-hydrogen) atoms. The second kappa shape index (κ2) is 5.36. The van der Waals surface area contributed by atoms with Crippen LogP contribution in [0.4, 0.5) is 5.69 Å². The fourth-order valence-electron chi connectivity index (χ4n) is 2.15. The SMILES string of the molecule is C[C@@H](Sc1n[nH]c(=O)n1C1CC1)c1cccc([N+](=O)[O-])c1. The number of nitro groups is 1. The molecule has 1 atom stereocenters. The predicted molar refractivity (Wildman–Crippen MR) is 78.5 cm³/mol. The Morgan fingerprint density at radius 1 is 1.52 bits per heavy atom. The highest BCUT2D eigenvalue weighted by Crippen LogP contribution is 2.40. The van der Waals surface area contributed by atoms with Crippen LogP contribution < -0.4 is 5.69 Å². The monoisotopic (exact) mass is 306 g/mol. The number of H-pyrrole nitrogens is 1. The molecular weight excluding hydrogens is 292 g/mol. The molecule has 0 radical (unpaired) electrons. The number of thioether (sulfide) groups is 1. The van der Waals surface area contributed by atoms with Gasteiger partial charge in [0, 0.05) is 23.4 Å². The summed E-state index contributed by atoms with van der Waals surface area (Å²) < 4.78 is 1.68. The lowest BCUT2D eigenvalue weighted by molar-refractivity contribution is -0.384. The van der Waals surface area contributed by atoms with Crippen molar-refractivity contribution in [3.63, 3.8) is 0 Å². The van der Waals surface area contributed by atoms with Crippen LogP contribution in [0.3, 0.4) is 0 Å². The number of nitro benzene ring substituents is 1. The van der Waals surface area contributed by atoms with Gasteiger partial charge in [0.05, 0.1) is 4.92 Å². The fourth-order valence-corrected chi connectivity index (χ4v) is 3.19. The molecule has 2 aromatic rings. The Balaban J connectivity index is 1.83. The van der Waals surface area contributed by atoms with E-state index in [2.05, 4.69) is 10.2 Å². The highest BCUT2D eigenvalue weighted by atomic mass is 32.2. The van der Waals surface area contributed by atoms with Crippen molar-refractivity contribution in [3.05, 3.63) is 50.4 Å². The van der Waals surface area contributed by atoms with Crippen LogP contribution >= 0.6 is 11.8 Å². The van der Waals surface area contributed by atoms with Crippen LogP contribution in [0.1, 0.15) is 36.6 Å².